The van der Waals surface area contributed by atoms with Crippen LogP contribution >= 0.6 is 0 Å². The van der Waals surface area contributed by atoms with Crippen LogP contribution in [-0.4, -0.2) is 44.6 Å². The molecule has 2 aromatic heterocycles. The number of hydrogen-bond acceptors (Lipinski definition) is 7. The van der Waals surface area contributed by atoms with Gasteiger partial charge in [-0.3, -0.25) is 0 Å². The van der Waals surface area contributed by atoms with Crippen LogP contribution < -0.4 is 10.2 Å². The SMILES string of the molecule is Cc1nnc(N[C@H](C)c2cccc(C(F)(F)F)c2)c2cc(N3CCC(O)CC3)c(O)nc12. The van der Waals surface area contributed by atoms with E-state index in [9.17, 15) is 23.4 Å². The lowest BCUT2D eigenvalue weighted by Gasteiger charge is -2.31. The summed E-state index contributed by atoms with van der Waals surface area (Å²) in [6.45, 7) is 4.61. The average molecular weight is 447 g/mol. The van der Waals surface area contributed by atoms with Crippen molar-refractivity contribution in [3.8, 4) is 5.88 Å². The number of anilines is 2. The maximum Gasteiger partial charge on any atom is 0.416 e. The van der Waals surface area contributed by atoms with Crippen LogP contribution in [0.5, 0.6) is 5.88 Å². The first-order valence-corrected chi connectivity index (χ1v) is 10.4. The number of aromatic nitrogens is 3. The van der Waals surface area contributed by atoms with Gasteiger partial charge >= 0.3 is 6.18 Å². The summed E-state index contributed by atoms with van der Waals surface area (Å²) in [5.41, 5.74) is 1.23. The van der Waals surface area contributed by atoms with E-state index in [1.54, 1.807) is 26.0 Å². The molecule has 3 heterocycles. The number of aromatic hydroxyl groups is 1. The van der Waals surface area contributed by atoms with Crippen molar-refractivity contribution in [2.45, 2.75) is 45.0 Å². The molecule has 1 aliphatic heterocycles. The first-order chi connectivity index (χ1) is 15.1. The molecule has 7 nitrogen and oxygen atoms in total. The molecule has 1 aromatic carbocycles. The molecule has 0 radical (unpaired) electrons. The second kappa shape index (κ2) is 8.42. The van der Waals surface area contributed by atoms with Crippen LogP contribution in [0.2, 0.25) is 0 Å². The Morgan fingerprint density at radius 3 is 2.56 bits per heavy atom. The summed E-state index contributed by atoms with van der Waals surface area (Å²) in [5, 5.41) is 32.3. The van der Waals surface area contributed by atoms with E-state index in [0.29, 0.717) is 59.6 Å². The van der Waals surface area contributed by atoms with Crippen molar-refractivity contribution in [3.05, 3.63) is 47.2 Å². The minimum atomic E-state index is -4.43. The molecular formula is C22H24F3N5O2. The normalized spacial score (nSPS) is 16.4. The van der Waals surface area contributed by atoms with Gasteiger partial charge in [-0.25, -0.2) is 4.98 Å². The van der Waals surface area contributed by atoms with Crippen molar-refractivity contribution >= 4 is 22.4 Å². The van der Waals surface area contributed by atoms with Gasteiger partial charge in [-0.2, -0.15) is 18.3 Å². The van der Waals surface area contributed by atoms with Crippen molar-refractivity contribution in [3.63, 3.8) is 0 Å². The number of hydrogen-bond donors (Lipinski definition) is 3. The number of fused-ring (bicyclic) bond motifs is 1. The third-order valence-electron chi connectivity index (χ3n) is 5.75. The van der Waals surface area contributed by atoms with Crippen LogP contribution in [0.4, 0.5) is 24.7 Å². The van der Waals surface area contributed by atoms with Gasteiger partial charge in [-0.15, -0.1) is 5.10 Å². The average Bonchev–Trinajstić information content (AvgIpc) is 2.76. The Morgan fingerprint density at radius 2 is 1.88 bits per heavy atom. The number of pyridine rings is 1. The van der Waals surface area contributed by atoms with Crippen molar-refractivity contribution in [2.75, 3.05) is 23.3 Å². The van der Waals surface area contributed by atoms with Gasteiger partial charge in [0.15, 0.2) is 5.82 Å². The molecule has 0 unspecified atom stereocenters. The number of rotatable bonds is 4. The van der Waals surface area contributed by atoms with Crippen molar-refractivity contribution in [1.82, 2.24) is 15.2 Å². The highest BCUT2D eigenvalue weighted by atomic mass is 19.4. The van der Waals surface area contributed by atoms with Crippen LogP contribution in [0, 0.1) is 6.92 Å². The lowest BCUT2D eigenvalue weighted by molar-refractivity contribution is -0.137. The lowest BCUT2D eigenvalue weighted by atomic mass is 10.0. The number of aliphatic hydroxyl groups excluding tert-OH is 1. The molecule has 170 valence electrons. The standard InChI is InChI=1S/C22H24F3N5O2/c1-12(14-4-3-5-15(10-14)22(23,24)25)26-20-17-11-18(30-8-6-16(31)7-9-30)21(32)27-19(17)13(2)28-29-20/h3-5,10-12,16,31H,6-9H2,1-2H3,(H,26,29)(H,27,32)/t12-/m1/s1. The molecular weight excluding hydrogens is 423 g/mol. The second-order valence-corrected chi connectivity index (χ2v) is 8.07. The minimum absolute atomic E-state index is 0.137. The van der Waals surface area contributed by atoms with E-state index in [1.807, 2.05) is 4.90 Å². The Labute approximate surface area is 182 Å². The highest BCUT2D eigenvalue weighted by molar-refractivity contribution is 5.93. The van der Waals surface area contributed by atoms with Gasteiger partial charge < -0.3 is 20.4 Å². The molecule has 1 saturated heterocycles. The Hall–Kier alpha value is -3.14. The Bertz CT molecular complexity index is 1130. The number of nitrogens with one attached hydrogen (secondary N) is 1. The highest BCUT2D eigenvalue weighted by Gasteiger charge is 2.31. The Morgan fingerprint density at radius 1 is 1.16 bits per heavy atom. The van der Waals surface area contributed by atoms with Crippen LogP contribution in [-0.2, 0) is 6.18 Å². The maximum absolute atomic E-state index is 13.1. The van der Waals surface area contributed by atoms with E-state index < -0.39 is 17.8 Å². The van der Waals surface area contributed by atoms with Gasteiger partial charge in [0.05, 0.1) is 23.4 Å². The molecule has 0 spiro atoms. The summed E-state index contributed by atoms with van der Waals surface area (Å²) in [6, 6.07) is 6.41. The predicted molar refractivity (Wildman–Crippen MR) is 115 cm³/mol. The molecule has 0 amide bonds. The second-order valence-electron chi connectivity index (χ2n) is 8.07. The van der Waals surface area contributed by atoms with Crippen LogP contribution in [0.25, 0.3) is 10.9 Å². The molecule has 3 aromatic rings. The predicted octanol–water partition coefficient (Wildman–Crippen LogP) is 4.19. The molecule has 4 rings (SSSR count). The molecule has 0 saturated carbocycles. The molecule has 1 fully saturated rings. The van der Waals surface area contributed by atoms with Gasteiger partial charge in [0.2, 0.25) is 5.88 Å². The van der Waals surface area contributed by atoms with Crippen LogP contribution in [0.1, 0.15) is 42.6 Å². The number of aliphatic hydroxyl groups is 1. The van der Waals surface area contributed by atoms with E-state index in [1.165, 1.54) is 6.07 Å². The number of piperidine rings is 1. The maximum atomic E-state index is 13.1. The number of halogens is 3. The number of nitrogens with zero attached hydrogens (tertiary/aromatic N) is 4. The topological polar surface area (TPSA) is 94.4 Å². The van der Waals surface area contributed by atoms with Crippen molar-refractivity contribution in [2.24, 2.45) is 0 Å². The third-order valence-corrected chi connectivity index (χ3v) is 5.75. The molecule has 1 atom stereocenters. The first kappa shape index (κ1) is 22.1. The summed E-state index contributed by atoms with van der Waals surface area (Å²) in [4.78, 5) is 6.27. The molecule has 0 aliphatic carbocycles. The molecule has 0 bridgehead atoms. The summed E-state index contributed by atoms with van der Waals surface area (Å²) in [6.07, 6.45) is -3.61. The highest BCUT2D eigenvalue weighted by Crippen LogP contribution is 2.36. The number of benzene rings is 1. The quantitative estimate of drug-likeness (QED) is 0.552. The van der Waals surface area contributed by atoms with E-state index in [2.05, 4.69) is 20.5 Å². The summed E-state index contributed by atoms with van der Waals surface area (Å²) in [7, 11) is 0. The summed E-state index contributed by atoms with van der Waals surface area (Å²) < 4.78 is 39.3. The van der Waals surface area contributed by atoms with Crippen LogP contribution in [0.15, 0.2) is 30.3 Å². The lowest BCUT2D eigenvalue weighted by Crippen LogP contribution is -2.35. The minimum Gasteiger partial charge on any atom is -0.492 e. The third kappa shape index (κ3) is 4.40. The molecule has 3 N–H and O–H groups in total. The first-order valence-electron chi connectivity index (χ1n) is 10.4. The largest absolute Gasteiger partial charge is 0.492 e. The van der Waals surface area contributed by atoms with Gasteiger partial charge in [-0.05, 0) is 50.5 Å². The molecule has 1 aliphatic rings. The fourth-order valence-electron chi connectivity index (χ4n) is 3.89. The zero-order valence-corrected chi connectivity index (χ0v) is 17.7. The van der Waals surface area contributed by atoms with Gasteiger partial charge in [0.1, 0.15) is 11.2 Å². The van der Waals surface area contributed by atoms with Crippen molar-refractivity contribution < 1.29 is 23.4 Å². The summed E-state index contributed by atoms with van der Waals surface area (Å²) in [5.74, 6) is 0.225. The van der Waals surface area contributed by atoms with Gasteiger partial charge in [0, 0.05) is 18.5 Å². The van der Waals surface area contributed by atoms with Gasteiger partial charge in [-0.1, -0.05) is 12.1 Å². The fraction of sp³-hybridized carbons (Fsp3) is 0.409. The fourth-order valence-corrected chi connectivity index (χ4v) is 3.89. The zero-order valence-electron chi connectivity index (χ0n) is 17.7. The Kier molecular flexibility index (Phi) is 5.81. The zero-order chi connectivity index (χ0) is 23.0. The summed E-state index contributed by atoms with van der Waals surface area (Å²) >= 11 is 0. The van der Waals surface area contributed by atoms with E-state index in [0.717, 1.165) is 12.1 Å². The molecule has 32 heavy (non-hydrogen) atoms. The van der Waals surface area contributed by atoms with Gasteiger partial charge in [0.25, 0.3) is 0 Å². The molecule has 10 heteroatoms. The Balaban J connectivity index is 1.69. The van der Waals surface area contributed by atoms with E-state index in [4.69, 9.17) is 0 Å². The van der Waals surface area contributed by atoms with E-state index in [-0.39, 0.29) is 12.0 Å². The number of alkyl halides is 3. The van der Waals surface area contributed by atoms with Crippen LogP contribution in [0.3, 0.4) is 0 Å². The number of aryl methyl sites for hydroxylation is 1. The van der Waals surface area contributed by atoms with E-state index >= 15 is 0 Å². The smallest absolute Gasteiger partial charge is 0.416 e. The monoisotopic (exact) mass is 447 g/mol. The van der Waals surface area contributed by atoms with Crippen molar-refractivity contribution in [1.29, 1.82) is 0 Å².